The van der Waals surface area contributed by atoms with Crippen molar-refractivity contribution in [1.29, 1.82) is 5.26 Å². The van der Waals surface area contributed by atoms with Crippen LogP contribution in [0.1, 0.15) is 35.7 Å². The quantitative estimate of drug-likeness (QED) is 0.777. The third-order valence-electron chi connectivity index (χ3n) is 5.04. The molecular weight excluding hydrogens is 316 g/mol. The van der Waals surface area contributed by atoms with Gasteiger partial charge >= 0.3 is 0 Å². The summed E-state index contributed by atoms with van der Waals surface area (Å²) in [6.07, 6.45) is 2.37. The van der Waals surface area contributed by atoms with Crippen molar-refractivity contribution in [2.45, 2.75) is 19.8 Å². The topological polar surface area (TPSA) is 67.6 Å². The highest BCUT2D eigenvalue weighted by atomic mass is 16.2. The van der Waals surface area contributed by atoms with Crippen LogP contribution in [-0.4, -0.2) is 67.3 Å². The molecule has 1 amide bonds. The number of piperazine rings is 1. The number of likely N-dealkylation sites (tertiary alicyclic amines) is 1. The molecule has 0 atom stereocenters. The van der Waals surface area contributed by atoms with Crippen LogP contribution in [0.2, 0.25) is 0 Å². The van der Waals surface area contributed by atoms with E-state index in [1.54, 1.807) is 25.1 Å². The molecule has 2 saturated heterocycles. The van der Waals surface area contributed by atoms with Gasteiger partial charge in [0.05, 0.1) is 18.2 Å². The maximum absolute atomic E-state index is 12.4. The second-order valence-electron chi connectivity index (χ2n) is 6.75. The van der Waals surface area contributed by atoms with Crippen molar-refractivity contribution in [2.75, 3.05) is 50.7 Å². The normalized spacial score (nSPS) is 18.2. The fourth-order valence-corrected chi connectivity index (χ4v) is 3.59. The molecule has 0 aromatic heterocycles. The van der Waals surface area contributed by atoms with Crippen LogP contribution in [0.5, 0.6) is 0 Å². The molecule has 6 heteroatoms. The highest BCUT2D eigenvalue weighted by Gasteiger charge is 2.25. The summed E-state index contributed by atoms with van der Waals surface area (Å²) in [6.45, 7) is 6.77. The Labute approximate surface area is 148 Å². The van der Waals surface area contributed by atoms with E-state index in [1.807, 2.05) is 4.90 Å². The summed E-state index contributed by atoms with van der Waals surface area (Å²) < 4.78 is 0. The van der Waals surface area contributed by atoms with Crippen molar-refractivity contribution in [2.24, 2.45) is 0 Å². The largest absolute Gasteiger partial charge is 0.367 e. The van der Waals surface area contributed by atoms with Crippen molar-refractivity contribution < 1.29 is 9.59 Å². The Balaban J connectivity index is 1.65. The molecule has 2 aliphatic rings. The first-order chi connectivity index (χ1) is 12.1. The van der Waals surface area contributed by atoms with Gasteiger partial charge < -0.3 is 9.80 Å². The fraction of sp³-hybridized carbons (Fsp3) is 0.526. The zero-order valence-corrected chi connectivity index (χ0v) is 14.7. The number of carbonyl (C=O) groups is 2. The predicted octanol–water partition coefficient (Wildman–Crippen LogP) is 1.51. The lowest BCUT2D eigenvalue weighted by molar-refractivity contribution is -0.132. The van der Waals surface area contributed by atoms with Gasteiger partial charge in [-0.2, -0.15) is 5.26 Å². The molecule has 0 unspecified atom stereocenters. The maximum atomic E-state index is 12.4. The van der Waals surface area contributed by atoms with Gasteiger partial charge in [0.1, 0.15) is 0 Å². The SMILES string of the molecule is CC(=O)c1ccc(C#N)cc1N1CCN(C(=O)CN2CCCC2)CC1. The maximum Gasteiger partial charge on any atom is 0.236 e. The number of hydrogen-bond acceptors (Lipinski definition) is 5. The van der Waals surface area contributed by atoms with Gasteiger partial charge in [-0.1, -0.05) is 0 Å². The summed E-state index contributed by atoms with van der Waals surface area (Å²) in [5.74, 6) is 0.186. The minimum atomic E-state index is -0.00738. The number of rotatable bonds is 4. The molecule has 132 valence electrons. The number of amides is 1. The number of benzene rings is 1. The van der Waals surface area contributed by atoms with Gasteiger partial charge in [0.15, 0.2) is 5.78 Å². The van der Waals surface area contributed by atoms with Gasteiger partial charge in [0, 0.05) is 37.4 Å². The molecule has 6 nitrogen and oxygen atoms in total. The van der Waals surface area contributed by atoms with Crippen LogP contribution in [0.15, 0.2) is 18.2 Å². The molecule has 0 N–H and O–H groups in total. The second kappa shape index (κ2) is 7.66. The minimum absolute atomic E-state index is 0.00738. The van der Waals surface area contributed by atoms with Crippen molar-refractivity contribution in [3.8, 4) is 6.07 Å². The van der Waals surface area contributed by atoms with E-state index in [4.69, 9.17) is 5.26 Å². The summed E-state index contributed by atoms with van der Waals surface area (Å²) >= 11 is 0. The number of Topliss-reactive ketones (excluding diaryl/α,β-unsaturated/α-hetero) is 1. The van der Waals surface area contributed by atoms with E-state index in [1.165, 1.54) is 12.8 Å². The van der Waals surface area contributed by atoms with Crippen LogP contribution >= 0.6 is 0 Å². The average molecular weight is 340 g/mol. The standard InChI is InChI=1S/C19H24N4O2/c1-15(24)17-5-4-16(13-20)12-18(17)22-8-10-23(11-9-22)19(25)14-21-6-2-3-7-21/h4-5,12H,2-3,6-11,14H2,1H3. The summed E-state index contributed by atoms with van der Waals surface area (Å²) in [5, 5.41) is 9.13. The van der Waals surface area contributed by atoms with Gasteiger partial charge in [-0.25, -0.2) is 0 Å². The van der Waals surface area contributed by atoms with Crippen LogP contribution in [0.3, 0.4) is 0 Å². The minimum Gasteiger partial charge on any atom is -0.367 e. The van der Waals surface area contributed by atoms with Crippen molar-refractivity contribution in [3.63, 3.8) is 0 Å². The van der Waals surface area contributed by atoms with E-state index in [0.29, 0.717) is 43.9 Å². The van der Waals surface area contributed by atoms with Crippen molar-refractivity contribution >= 4 is 17.4 Å². The first-order valence-corrected chi connectivity index (χ1v) is 8.88. The molecule has 0 radical (unpaired) electrons. The average Bonchev–Trinajstić information content (AvgIpc) is 3.14. The Morgan fingerprint density at radius 2 is 1.76 bits per heavy atom. The summed E-state index contributed by atoms with van der Waals surface area (Å²) in [6, 6.07) is 7.31. The monoisotopic (exact) mass is 340 g/mol. The molecule has 2 heterocycles. The molecule has 2 fully saturated rings. The van der Waals surface area contributed by atoms with Gasteiger partial charge in [-0.3, -0.25) is 14.5 Å². The molecule has 1 aromatic carbocycles. The van der Waals surface area contributed by atoms with E-state index in [0.717, 1.165) is 18.8 Å². The first kappa shape index (κ1) is 17.4. The molecule has 0 saturated carbocycles. The number of hydrogen-bond donors (Lipinski definition) is 0. The van der Waals surface area contributed by atoms with Gasteiger partial charge in [-0.15, -0.1) is 0 Å². The number of nitrogens with zero attached hydrogens (tertiary/aromatic N) is 4. The second-order valence-corrected chi connectivity index (χ2v) is 6.75. The summed E-state index contributed by atoms with van der Waals surface area (Å²) in [5.41, 5.74) is 1.99. The molecule has 0 aliphatic carbocycles. The van der Waals surface area contributed by atoms with Gasteiger partial charge in [0.25, 0.3) is 0 Å². The Bertz CT molecular complexity index is 696. The first-order valence-electron chi connectivity index (χ1n) is 8.88. The highest BCUT2D eigenvalue weighted by Crippen LogP contribution is 2.24. The third kappa shape index (κ3) is 3.99. The molecule has 3 rings (SSSR count). The van der Waals surface area contributed by atoms with E-state index < -0.39 is 0 Å². The lowest BCUT2D eigenvalue weighted by Crippen LogP contribution is -2.51. The predicted molar refractivity (Wildman–Crippen MR) is 95.6 cm³/mol. The highest BCUT2D eigenvalue weighted by molar-refractivity contribution is 6.00. The lowest BCUT2D eigenvalue weighted by Gasteiger charge is -2.37. The Morgan fingerprint density at radius 3 is 2.36 bits per heavy atom. The molecule has 0 spiro atoms. The van der Waals surface area contributed by atoms with E-state index in [9.17, 15) is 9.59 Å². The Hall–Kier alpha value is -2.39. The van der Waals surface area contributed by atoms with E-state index in [2.05, 4.69) is 15.9 Å². The van der Waals surface area contributed by atoms with Crippen LogP contribution in [0.25, 0.3) is 0 Å². The van der Waals surface area contributed by atoms with E-state index in [-0.39, 0.29) is 11.7 Å². The molecule has 0 bridgehead atoms. The van der Waals surface area contributed by atoms with Gasteiger partial charge in [-0.05, 0) is 51.1 Å². The number of anilines is 1. The van der Waals surface area contributed by atoms with Crippen molar-refractivity contribution in [1.82, 2.24) is 9.80 Å². The zero-order chi connectivity index (χ0) is 17.8. The Morgan fingerprint density at radius 1 is 1.08 bits per heavy atom. The van der Waals surface area contributed by atoms with Crippen LogP contribution in [-0.2, 0) is 4.79 Å². The smallest absolute Gasteiger partial charge is 0.236 e. The molecule has 2 aliphatic heterocycles. The van der Waals surface area contributed by atoms with Crippen LogP contribution in [0, 0.1) is 11.3 Å². The van der Waals surface area contributed by atoms with E-state index >= 15 is 0 Å². The zero-order valence-electron chi connectivity index (χ0n) is 14.7. The molecular formula is C19H24N4O2. The Kier molecular flexibility index (Phi) is 5.34. The van der Waals surface area contributed by atoms with Crippen molar-refractivity contribution in [3.05, 3.63) is 29.3 Å². The number of carbonyl (C=O) groups excluding carboxylic acids is 2. The summed E-state index contributed by atoms with van der Waals surface area (Å²) in [7, 11) is 0. The lowest BCUT2D eigenvalue weighted by atomic mass is 10.0. The number of ketones is 1. The molecule has 1 aromatic rings. The van der Waals surface area contributed by atoms with Crippen LogP contribution < -0.4 is 4.90 Å². The number of nitriles is 1. The molecule has 25 heavy (non-hydrogen) atoms. The fourth-order valence-electron chi connectivity index (χ4n) is 3.59. The summed E-state index contributed by atoms with van der Waals surface area (Å²) in [4.78, 5) is 30.6. The van der Waals surface area contributed by atoms with Gasteiger partial charge in [0.2, 0.25) is 5.91 Å². The van der Waals surface area contributed by atoms with Crippen LogP contribution in [0.4, 0.5) is 5.69 Å². The third-order valence-corrected chi connectivity index (χ3v) is 5.04.